The lowest BCUT2D eigenvalue weighted by molar-refractivity contribution is -0.137. The minimum atomic E-state index is -4.58. The van der Waals surface area contributed by atoms with E-state index in [2.05, 4.69) is 9.88 Å². The van der Waals surface area contributed by atoms with Gasteiger partial charge in [0.15, 0.2) is 5.16 Å². The number of alkyl halides is 3. The molecule has 1 aliphatic rings. The van der Waals surface area contributed by atoms with Crippen molar-refractivity contribution in [2.24, 2.45) is 0 Å². The lowest BCUT2D eigenvalue weighted by atomic mass is 10.0. The Morgan fingerprint density at radius 3 is 2.26 bits per heavy atom. The van der Waals surface area contributed by atoms with Crippen LogP contribution in [-0.4, -0.2) is 51.4 Å². The molecule has 0 radical (unpaired) electrons. The summed E-state index contributed by atoms with van der Waals surface area (Å²) >= 11 is 1.26. The molecule has 1 aliphatic carbocycles. The van der Waals surface area contributed by atoms with Crippen molar-refractivity contribution in [3.63, 3.8) is 0 Å². The van der Waals surface area contributed by atoms with Crippen molar-refractivity contribution >= 4 is 17.7 Å². The zero-order chi connectivity index (χ0) is 37.0. The Kier molecular flexibility index (Phi) is 9.50. The van der Waals surface area contributed by atoms with Crippen molar-refractivity contribution in [2.75, 3.05) is 26.2 Å². The van der Waals surface area contributed by atoms with Crippen LogP contribution >= 0.6 is 11.8 Å². The van der Waals surface area contributed by atoms with E-state index in [0.29, 0.717) is 48.9 Å². The summed E-state index contributed by atoms with van der Waals surface area (Å²) in [6, 6.07) is 8.22. The average molecular weight is 671 g/mol. The van der Waals surface area contributed by atoms with Crippen molar-refractivity contribution in [3.05, 3.63) is 117 Å². The van der Waals surface area contributed by atoms with Crippen molar-refractivity contribution in [1.29, 1.82) is 0 Å². The molecule has 0 aliphatic heterocycles. The quantitative estimate of drug-likeness (QED) is 0.0855. The number of likely N-dealkylation sites (N-methyl/N-ethyl adjacent to an activating group) is 1. The molecular formula is C36H38F4N4O2S. The summed E-state index contributed by atoms with van der Waals surface area (Å²) in [5, 5.41) is 0.340. The van der Waals surface area contributed by atoms with Crippen molar-refractivity contribution in [2.45, 2.75) is 63.3 Å². The van der Waals surface area contributed by atoms with E-state index < -0.39 is 35.9 Å². The van der Waals surface area contributed by atoms with E-state index in [1.165, 1.54) is 28.8 Å². The summed E-state index contributed by atoms with van der Waals surface area (Å²) in [5.41, 5.74) is 0.776. The van der Waals surface area contributed by atoms with E-state index >= 15 is 0 Å². The predicted octanol–water partition coefficient (Wildman–Crippen LogP) is 7.22. The molecule has 0 atom stereocenters. The number of rotatable bonds is 13. The molecule has 47 heavy (non-hydrogen) atoms. The minimum Gasteiger partial charge on any atom is -0.336 e. The lowest BCUT2D eigenvalue weighted by Gasteiger charge is -2.28. The van der Waals surface area contributed by atoms with Gasteiger partial charge < -0.3 is 14.4 Å². The maximum absolute atomic E-state index is 14.3. The number of thioether (sulfide) groups is 1. The van der Waals surface area contributed by atoms with E-state index in [1.54, 1.807) is 16.7 Å². The van der Waals surface area contributed by atoms with Gasteiger partial charge >= 0.3 is 6.18 Å². The first-order valence-electron chi connectivity index (χ1n) is 17.5. The van der Waals surface area contributed by atoms with Crippen LogP contribution in [0.3, 0.4) is 0 Å². The molecule has 3 aromatic carbocycles. The summed E-state index contributed by atoms with van der Waals surface area (Å²) in [6.07, 6.45) is -2.73. The molecule has 1 heterocycles. The Morgan fingerprint density at radius 2 is 1.62 bits per heavy atom. The summed E-state index contributed by atoms with van der Waals surface area (Å²) in [4.78, 5) is 35.1. The van der Waals surface area contributed by atoms with Crippen LogP contribution in [0, 0.1) is 5.82 Å². The molecule has 5 rings (SSSR count). The molecule has 0 fully saturated rings. The maximum atomic E-state index is 14.3. The van der Waals surface area contributed by atoms with Crippen molar-refractivity contribution in [1.82, 2.24) is 19.4 Å². The number of amides is 1. The fraction of sp³-hybridized carbons (Fsp3) is 0.361. The monoisotopic (exact) mass is 670 g/mol. The van der Waals surface area contributed by atoms with Gasteiger partial charge in [-0.3, -0.25) is 9.59 Å². The fourth-order valence-electron chi connectivity index (χ4n) is 5.50. The van der Waals surface area contributed by atoms with Gasteiger partial charge in [0.25, 0.3) is 5.56 Å². The van der Waals surface area contributed by atoms with Crippen LogP contribution in [0.4, 0.5) is 17.6 Å². The standard InChI is InChI=1S/C36H38F4N4O2S/c1-3-42(4-2)20-21-43(22-25-8-12-27(13-9-25)28-14-16-29(17-15-28)36(38,39)40)33(45)23-44-32-7-5-6-31(32)34(46)41-35(44)47-24-26-10-18-30(37)19-11-26/h8-19H,3-7,20-24H2,1-2H3/i8D,9D,12D,13D. The number of fused-ring (bicyclic) bond motifs is 1. The highest BCUT2D eigenvalue weighted by Gasteiger charge is 2.30. The molecule has 1 aromatic heterocycles. The Bertz CT molecular complexity index is 1920. The summed E-state index contributed by atoms with van der Waals surface area (Å²) < 4.78 is 89.8. The maximum Gasteiger partial charge on any atom is 0.416 e. The number of hydrogen-bond acceptors (Lipinski definition) is 5. The molecule has 6 nitrogen and oxygen atoms in total. The Hall–Kier alpha value is -3.96. The van der Waals surface area contributed by atoms with Crippen molar-refractivity contribution < 1.29 is 27.8 Å². The zero-order valence-corrected chi connectivity index (χ0v) is 27.0. The Labute approximate surface area is 282 Å². The minimum absolute atomic E-state index is 0.0253. The number of carbonyl (C=O) groups excluding carboxylic acids is 1. The number of carbonyl (C=O) groups is 1. The van der Waals surface area contributed by atoms with Crippen LogP contribution in [0.5, 0.6) is 0 Å². The number of aromatic nitrogens is 2. The van der Waals surface area contributed by atoms with E-state index in [1.807, 2.05) is 13.8 Å². The fourth-order valence-corrected chi connectivity index (χ4v) is 6.46. The Morgan fingerprint density at radius 1 is 0.936 bits per heavy atom. The molecule has 11 heteroatoms. The smallest absolute Gasteiger partial charge is 0.336 e. The summed E-state index contributed by atoms with van der Waals surface area (Å²) in [7, 11) is 0. The van der Waals surface area contributed by atoms with Gasteiger partial charge in [0.2, 0.25) is 5.91 Å². The highest BCUT2D eigenvalue weighted by Crippen LogP contribution is 2.31. The number of hydrogen-bond donors (Lipinski definition) is 0. The van der Waals surface area contributed by atoms with Gasteiger partial charge in [-0.05, 0) is 78.9 Å². The van der Waals surface area contributed by atoms with Crippen LogP contribution < -0.4 is 5.56 Å². The predicted molar refractivity (Wildman–Crippen MR) is 177 cm³/mol. The first-order chi connectivity index (χ1) is 24.2. The van der Waals surface area contributed by atoms with Gasteiger partial charge in [-0.15, -0.1) is 0 Å². The molecular weight excluding hydrogens is 628 g/mol. The van der Waals surface area contributed by atoms with Crippen LogP contribution in [-0.2, 0) is 42.7 Å². The van der Waals surface area contributed by atoms with Crippen LogP contribution in [0.25, 0.3) is 11.1 Å². The van der Waals surface area contributed by atoms with Gasteiger partial charge in [0, 0.05) is 36.6 Å². The zero-order valence-electron chi connectivity index (χ0n) is 30.2. The van der Waals surface area contributed by atoms with Gasteiger partial charge in [-0.2, -0.15) is 18.2 Å². The SMILES string of the molecule is [2H]c1c([2H])c(-c2ccc(C(F)(F)F)cc2)c([2H])c([2H])c1CN(CCN(CC)CC)C(=O)Cn1c(SCc2ccc(F)cc2)nc(=O)c2c1CCC2. The van der Waals surface area contributed by atoms with Crippen LogP contribution in [0.15, 0.2) is 82.7 Å². The van der Waals surface area contributed by atoms with Gasteiger partial charge in [-0.1, -0.05) is 74.0 Å². The third-order valence-electron chi connectivity index (χ3n) is 8.24. The molecule has 0 saturated carbocycles. The van der Waals surface area contributed by atoms with Crippen molar-refractivity contribution in [3.8, 4) is 11.1 Å². The van der Waals surface area contributed by atoms with E-state index in [9.17, 15) is 27.2 Å². The molecule has 1 amide bonds. The highest BCUT2D eigenvalue weighted by atomic mass is 32.2. The van der Waals surface area contributed by atoms with Crippen LogP contribution in [0.1, 0.15) is 53.7 Å². The van der Waals surface area contributed by atoms with Gasteiger partial charge in [0.05, 0.1) is 11.0 Å². The lowest BCUT2D eigenvalue weighted by Crippen LogP contribution is -2.40. The summed E-state index contributed by atoms with van der Waals surface area (Å²) in [5.74, 6) is -0.378. The third-order valence-corrected chi connectivity index (χ3v) is 9.28. The third kappa shape index (κ3) is 8.70. The second kappa shape index (κ2) is 15.3. The Balaban J connectivity index is 1.49. The first kappa shape index (κ1) is 29.2. The molecule has 248 valence electrons. The van der Waals surface area contributed by atoms with E-state index in [4.69, 9.17) is 5.48 Å². The van der Waals surface area contributed by atoms with Crippen LogP contribution in [0.2, 0.25) is 0 Å². The molecule has 0 unspecified atom stereocenters. The van der Waals surface area contributed by atoms with E-state index in [-0.39, 0.29) is 53.6 Å². The largest absolute Gasteiger partial charge is 0.416 e. The van der Waals surface area contributed by atoms with Gasteiger partial charge in [-0.25, -0.2) is 4.39 Å². The first-order valence-corrected chi connectivity index (χ1v) is 16.5. The highest BCUT2D eigenvalue weighted by molar-refractivity contribution is 7.98. The second-order valence-electron chi connectivity index (χ2n) is 11.3. The van der Waals surface area contributed by atoms with Gasteiger partial charge in [0.1, 0.15) is 12.4 Å². The number of nitrogens with zero attached hydrogens (tertiary/aromatic N) is 4. The molecule has 0 bridgehead atoms. The second-order valence-corrected chi connectivity index (χ2v) is 12.2. The van der Waals surface area contributed by atoms with E-state index in [0.717, 1.165) is 41.9 Å². The average Bonchev–Trinajstić information content (AvgIpc) is 3.61. The normalized spacial score (nSPS) is 14.0. The topological polar surface area (TPSA) is 58.4 Å². The summed E-state index contributed by atoms with van der Waals surface area (Å²) in [6.45, 7) is 5.62. The molecule has 4 aromatic rings. The number of halogens is 4. The molecule has 0 spiro atoms. The number of benzene rings is 3. The molecule has 0 saturated heterocycles. The molecule has 0 N–H and O–H groups in total.